The van der Waals surface area contributed by atoms with E-state index in [9.17, 15) is 5.11 Å². The molecule has 0 aromatic carbocycles. The van der Waals surface area contributed by atoms with Crippen LogP contribution in [0, 0.1) is 0 Å². The molecule has 4 heteroatoms. The van der Waals surface area contributed by atoms with E-state index in [0.717, 1.165) is 26.0 Å². The molecule has 3 N–H and O–H groups in total. The second-order valence-corrected chi connectivity index (χ2v) is 4.65. The van der Waals surface area contributed by atoms with Crippen molar-refractivity contribution in [3.8, 4) is 0 Å². The highest BCUT2D eigenvalue weighted by Gasteiger charge is 2.39. The standard InChI is InChI=1S/C11H22N2O2/c12-3-5-15-6-4-13-9-1-2-10(13)8-11(14)7-9/h9-11,14H,1-8,12H2. The second-order valence-electron chi connectivity index (χ2n) is 4.65. The summed E-state index contributed by atoms with van der Waals surface area (Å²) in [6.07, 6.45) is 4.33. The van der Waals surface area contributed by atoms with Gasteiger partial charge in [-0.25, -0.2) is 0 Å². The van der Waals surface area contributed by atoms with Gasteiger partial charge in [-0.2, -0.15) is 0 Å². The van der Waals surface area contributed by atoms with E-state index in [4.69, 9.17) is 10.5 Å². The molecule has 0 aromatic heterocycles. The van der Waals surface area contributed by atoms with Crippen molar-refractivity contribution < 1.29 is 9.84 Å². The Morgan fingerprint density at radius 3 is 2.47 bits per heavy atom. The molecule has 15 heavy (non-hydrogen) atoms. The van der Waals surface area contributed by atoms with E-state index in [-0.39, 0.29) is 6.10 Å². The van der Waals surface area contributed by atoms with Crippen molar-refractivity contribution in [3.63, 3.8) is 0 Å². The lowest BCUT2D eigenvalue weighted by Crippen LogP contribution is -2.46. The van der Waals surface area contributed by atoms with Crippen LogP contribution in [-0.2, 0) is 4.74 Å². The minimum Gasteiger partial charge on any atom is -0.393 e. The molecular weight excluding hydrogens is 192 g/mol. The van der Waals surface area contributed by atoms with Gasteiger partial charge in [0.25, 0.3) is 0 Å². The van der Waals surface area contributed by atoms with Crippen molar-refractivity contribution in [2.75, 3.05) is 26.3 Å². The zero-order chi connectivity index (χ0) is 10.7. The van der Waals surface area contributed by atoms with Crippen LogP contribution in [0.15, 0.2) is 0 Å². The lowest BCUT2D eigenvalue weighted by atomic mass is 10.0. The first kappa shape index (κ1) is 11.3. The number of nitrogens with zero attached hydrogens (tertiary/aromatic N) is 1. The number of hydrogen-bond acceptors (Lipinski definition) is 4. The van der Waals surface area contributed by atoms with Crippen LogP contribution in [-0.4, -0.2) is 54.5 Å². The maximum atomic E-state index is 9.64. The second kappa shape index (κ2) is 5.25. The first-order chi connectivity index (χ1) is 7.31. The molecular formula is C11H22N2O2. The molecule has 2 aliphatic rings. The van der Waals surface area contributed by atoms with Crippen molar-refractivity contribution in [1.29, 1.82) is 0 Å². The summed E-state index contributed by atoms with van der Waals surface area (Å²) in [5, 5.41) is 9.64. The summed E-state index contributed by atoms with van der Waals surface area (Å²) in [6, 6.07) is 1.19. The normalized spacial score (nSPS) is 36.0. The first-order valence-corrected chi connectivity index (χ1v) is 6.03. The Morgan fingerprint density at radius 1 is 1.20 bits per heavy atom. The highest BCUT2D eigenvalue weighted by molar-refractivity contribution is 4.94. The lowest BCUT2D eigenvalue weighted by molar-refractivity contribution is 0.0163. The molecule has 2 atom stereocenters. The van der Waals surface area contributed by atoms with Gasteiger partial charge in [0.1, 0.15) is 0 Å². The van der Waals surface area contributed by atoms with Gasteiger partial charge in [-0.15, -0.1) is 0 Å². The minimum absolute atomic E-state index is 0.0660. The van der Waals surface area contributed by atoms with Crippen LogP contribution in [0.2, 0.25) is 0 Å². The molecule has 4 nitrogen and oxygen atoms in total. The van der Waals surface area contributed by atoms with Crippen molar-refractivity contribution in [2.45, 2.75) is 43.9 Å². The summed E-state index contributed by atoms with van der Waals surface area (Å²) in [5.74, 6) is 0. The number of fused-ring (bicyclic) bond motifs is 2. The number of nitrogens with two attached hydrogens (primary N) is 1. The lowest BCUT2D eigenvalue weighted by Gasteiger charge is -2.36. The fraction of sp³-hybridized carbons (Fsp3) is 1.00. The Hall–Kier alpha value is -0.160. The van der Waals surface area contributed by atoms with Crippen LogP contribution >= 0.6 is 0 Å². The summed E-state index contributed by atoms with van der Waals surface area (Å²) in [5.41, 5.74) is 5.36. The topological polar surface area (TPSA) is 58.7 Å². The number of piperidine rings is 1. The molecule has 0 spiro atoms. The highest BCUT2D eigenvalue weighted by Crippen LogP contribution is 2.35. The molecule has 2 aliphatic heterocycles. The fourth-order valence-corrected chi connectivity index (χ4v) is 2.97. The number of hydrogen-bond donors (Lipinski definition) is 2. The number of aliphatic hydroxyl groups is 1. The van der Waals surface area contributed by atoms with Gasteiger partial charge in [-0.1, -0.05) is 0 Å². The van der Waals surface area contributed by atoms with Gasteiger partial charge >= 0.3 is 0 Å². The van der Waals surface area contributed by atoms with E-state index >= 15 is 0 Å². The molecule has 0 aliphatic carbocycles. The van der Waals surface area contributed by atoms with Gasteiger partial charge in [0.15, 0.2) is 0 Å². The zero-order valence-corrected chi connectivity index (χ0v) is 9.27. The predicted octanol–water partition coefficient (Wildman–Crippen LogP) is -0.0506. The van der Waals surface area contributed by atoms with Gasteiger partial charge in [0.2, 0.25) is 0 Å². The van der Waals surface area contributed by atoms with Crippen molar-refractivity contribution in [1.82, 2.24) is 4.90 Å². The molecule has 2 heterocycles. The zero-order valence-electron chi connectivity index (χ0n) is 9.27. The Labute approximate surface area is 91.4 Å². The van der Waals surface area contributed by atoms with Gasteiger partial charge in [0, 0.05) is 25.2 Å². The molecule has 88 valence electrons. The van der Waals surface area contributed by atoms with Crippen molar-refractivity contribution in [2.24, 2.45) is 5.73 Å². The molecule has 2 unspecified atom stereocenters. The van der Waals surface area contributed by atoms with E-state index in [1.54, 1.807) is 0 Å². The largest absolute Gasteiger partial charge is 0.393 e. The van der Waals surface area contributed by atoms with E-state index in [1.807, 2.05) is 0 Å². The van der Waals surface area contributed by atoms with Gasteiger partial charge < -0.3 is 15.6 Å². The van der Waals surface area contributed by atoms with E-state index in [2.05, 4.69) is 4.90 Å². The van der Waals surface area contributed by atoms with Gasteiger partial charge in [-0.3, -0.25) is 4.90 Å². The molecule has 2 fully saturated rings. The molecule has 0 radical (unpaired) electrons. The Morgan fingerprint density at radius 2 is 1.87 bits per heavy atom. The summed E-state index contributed by atoms with van der Waals surface area (Å²) in [6.45, 7) is 3.04. The smallest absolute Gasteiger partial charge is 0.0594 e. The minimum atomic E-state index is -0.0660. The molecule has 2 rings (SSSR count). The number of ether oxygens (including phenoxy) is 1. The van der Waals surface area contributed by atoms with Gasteiger partial charge in [-0.05, 0) is 25.7 Å². The Kier molecular flexibility index (Phi) is 3.97. The third-order valence-electron chi connectivity index (χ3n) is 3.62. The Balaban J connectivity index is 1.74. The summed E-state index contributed by atoms with van der Waals surface area (Å²) < 4.78 is 5.41. The maximum absolute atomic E-state index is 9.64. The predicted molar refractivity (Wildman–Crippen MR) is 58.6 cm³/mol. The van der Waals surface area contributed by atoms with Crippen molar-refractivity contribution >= 4 is 0 Å². The summed E-state index contributed by atoms with van der Waals surface area (Å²) >= 11 is 0. The molecule has 2 saturated heterocycles. The third-order valence-corrected chi connectivity index (χ3v) is 3.62. The van der Waals surface area contributed by atoms with E-state index < -0.39 is 0 Å². The Bertz CT molecular complexity index is 187. The monoisotopic (exact) mass is 214 g/mol. The molecule has 0 saturated carbocycles. The highest BCUT2D eigenvalue weighted by atomic mass is 16.5. The first-order valence-electron chi connectivity index (χ1n) is 6.03. The summed E-state index contributed by atoms with van der Waals surface area (Å²) in [4.78, 5) is 2.52. The molecule has 2 bridgehead atoms. The van der Waals surface area contributed by atoms with E-state index in [1.165, 1.54) is 12.8 Å². The van der Waals surface area contributed by atoms with Gasteiger partial charge in [0.05, 0.1) is 19.3 Å². The average Bonchev–Trinajstić information content (AvgIpc) is 2.46. The fourth-order valence-electron chi connectivity index (χ4n) is 2.97. The van der Waals surface area contributed by atoms with Crippen molar-refractivity contribution in [3.05, 3.63) is 0 Å². The quantitative estimate of drug-likeness (QED) is 0.630. The van der Waals surface area contributed by atoms with Crippen LogP contribution < -0.4 is 5.73 Å². The third kappa shape index (κ3) is 2.69. The SMILES string of the molecule is NCCOCCN1C2CCC1CC(O)C2. The molecule has 0 aromatic rings. The average molecular weight is 214 g/mol. The van der Waals surface area contributed by atoms with E-state index in [0.29, 0.717) is 25.2 Å². The van der Waals surface area contributed by atoms with Crippen LogP contribution in [0.25, 0.3) is 0 Å². The van der Waals surface area contributed by atoms with Crippen LogP contribution in [0.3, 0.4) is 0 Å². The molecule has 0 amide bonds. The van der Waals surface area contributed by atoms with Crippen LogP contribution in [0.1, 0.15) is 25.7 Å². The van der Waals surface area contributed by atoms with Crippen LogP contribution in [0.5, 0.6) is 0 Å². The number of rotatable bonds is 5. The maximum Gasteiger partial charge on any atom is 0.0594 e. The summed E-state index contributed by atoms with van der Waals surface area (Å²) in [7, 11) is 0. The van der Waals surface area contributed by atoms with Crippen LogP contribution in [0.4, 0.5) is 0 Å². The number of aliphatic hydroxyl groups excluding tert-OH is 1.